The zero-order chi connectivity index (χ0) is 27.4. The molecule has 38 heavy (non-hydrogen) atoms. The second-order valence-corrected chi connectivity index (χ2v) is 8.75. The lowest BCUT2D eigenvalue weighted by molar-refractivity contribution is -0.385. The maximum atomic E-state index is 12.9. The van der Waals surface area contributed by atoms with Crippen molar-refractivity contribution < 1.29 is 29.0 Å². The number of esters is 1. The second-order valence-electron chi connectivity index (χ2n) is 7.73. The van der Waals surface area contributed by atoms with Gasteiger partial charge in [0.1, 0.15) is 4.88 Å². The van der Waals surface area contributed by atoms with Crippen molar-refractivity contribution in [1.29, 1.82) is 0 Å². The molecule has 0 aliphatic heterocycles. The number of anilines is 2. The van der Waals surface area contributed by atoms with Gasteiger partial charge in [-0.05, 0) is 37.3 Å². The maximum absolute atomic E-state index is 12.9. The van der Waals surface area contributed by atoms with Gasteiger partial charge in [-0.2, -0.15) is 0 Å². The van der Waals surface area contributed by atoms with Crippen LogP contribution in [0.15, 0.2) is 66.7 Å². The van der Waals surface area contributed by atoms with Crippen LogP contribution in [0.25, 0.3) is 10.1 Å². The van der Waals surface area contributed by atoms with Gasteiger partial charge >= 0.3 is 5.97 Å². The van der Waals surface area contributed by atoms with Gasteiger partial charge in [-0.3, -0.25) is 29.8 Å². The van der Waals surface area contributed by atoms with E-state index in [0.717, 1.165) is 11.3 Å². The maximum Gasteiger partial charge on any atom is 0.350 e. The number of benzene rings is 3. The molecule has 13 heteroatoms. The molecule has 0 bridgehead atoms. The fraction of sp³-hybridized carbons (Fsp3) is 0.0800. The minimum atomic E-state index is -0.680. The van der Waals surface area contributed by atoms with E-state index in [4.69, 9.17) is 4.74 Å². The van der Waals surface area contributed by atoms with Crippen LogP contribution in [0.3, 0.4) is 0 Å². The summed E-state index contributed by atoms with van der Waals surface area (Å²) in [7, 11) is 0. The Morgan fingerprint density at radius 2 is 1.34 bits per heavy atom. The first kappa shape index (κ1) is 25.9. The number of amides is 2. The highest BCUT2D eigenvalue weighted by atomic mass is 32.1. The van der Waals surface area contributed by atoms with E-state index in [2.05, 4.69) is 10.6 Å². The summed E-state index contributed by atoms with van der Waals surface area (Å²) < 4.78 is 5.63. The van der Waals surface area contributed by atoms with Gasteiger partial charge in [-0.1, -0.05) is 12.1 Å². The van der Waals surface area contributed by atoms with Crippen molar-refractivity contribution in [2.24, 2.45) is 0 Å². The van der Waals surface area contributed by atoms with E-state index in [1.165, 1.54) is 48.5 Å². The van der Waals surface area contributed by atoms with Gasteiger partial charge in [0.25, 0.3) is 23.2 Å². The van der Waals surface area contributed by atoms with Crippen LogP contribution < -0.4 is 10.6 Å². The first-order chi connectivity index (χ1) is 18.2. The Kier molecular flexibility index (Phi) is 7.39. The van der Waals surface area contributed by atoms with Crippen LogP contribution in [0, 0.1) is 20.2 Å². The first-order valence-corrected chi connectivity index (χ1v) is 11.9. The Bertz CT molecular complexity index is 1580. The Hall–Kier alpha value is -5.17. The normalized spacial score (nSPS) is 10.6. The number of hydrogen-bond acceptors (Lipinski definition) is 9. The third-order valence-corrected chi connectivity index (χ3v) is 6.56. The molecule has 0 saturated heterocycles. The van der Waals surface area contributed by atoms with Crippen molar-refractivity contribution in [1.82, 2.24) is 0 Å². The molecule has 4 rings (SSSR count). The lowest BCUT2D eigenvalue weighted by atomic mass is 10.1. The number of nitrogens with zero attached hydrogens (tertiary/aromatic N) is 2. The number of nitrogens with one attached hydrogen (secondary N) is 2. The SMILES string of the molecule is CCOC(=O)c1sc2c(NC(=O)c3ccc([N+](=O)[O-])cc3)cccc2c1NC(=O)c1ccc([N+](=O)[O-])cc1. The van der Waals surface area contributed by atoms with Crippen molar-refractivity contribution in [2.45, 2.75) is 6.92 Å². The van der Waals surface area contributed by atoms with Crippen LogP contribution in [0.2, 0.25) is 0 Å². The van der Waals surface area contributed by atoms with E-state index in [9.17, 15) is 34.6 Å². The molecule has 0 atom stereocenters. The average Bonchev–Trinajstić information content (AvgIpc) is 3.28. The fourth-order valence-electron chi connectivity index (χ4n) is 3.53. The number of nitro groups is 2. The molecule has 2 N–H and O–H groups in total. The van der Waals surface area contributed by atoms with E-state index >= 15 is 0 Å². The zero-order valence-electron chi connectivity index (χ0n) is 19.6. The quantitative estimate of drug-likeness (QED) is 0.172. The summed E-state index contributed by atoms with van der Waals surface area (Å²) in [6, 6.07) is 14.9. The summed E-state index contributed by atoms with van der Waals surface area (Å²) in [5.74, 6) is -1.82. The van der Waals surface area contributed by atoms with Crippen LogP contribution in [0.1, 0.15) is 37.3 Å². The summed E-state index contributed by atoms with van der Waals surface area (Å²) >= 11 is 1.00. The van der Waals surface area contributed by atoms with E-state index in [1.807, 2.05) is 0 Å². The predicted molar refractivity (Wildman–Crippen MR) is 140 cm³/mol. The molecular formula is C25H18N4O8S. The van der Waals surface area contributed by atoms with Gasteiger partial charge in [0.15, 0.2) is 0 Å². The molecule has 1 aromatic heterocycles. The Labute approximate surface area is 218 Å². The van der Waals surface area contributed by atoms with Crippen LogP contribution in [-0.4, -0.2) is 34.2 Å². The summed E-state index contributed by atoms with van der Waals surface area (Å²) in [4.78, 5) is 59.2. The van der Waals surface area contributed by atoms with E-state index in [1.54, 1.807) is 25.1 Å². The highest BCUT2D eigenvalue weighted by molar-refractivity contribution is 7.22. The molecule has 0 aliphatic carbocycles. The van der Waals surface area contributed by atoms with Crippen LogP contribution >= 0.6 is 11.3 Å². The minimum absolute atomic E-state index is 0.0898. The summed E-state index contributed by atoms with van der Waals surface area (Å²) in [6.45, 7) is 1.72. The number of ether oxygens (including phenoxy) is 1. The van der Waals surface area contributed by atoms with E-state index < -0.39 is 27.6 Å². The number of nitro benzene ring substituents is 2. The van der Waals surface area contributed by atoms with Gasteiger partial charge in [0, 0.05) is 40.8 Å². The zero-order valence-corrected chi connectivity index (χ0v) is 20.4. The molecule has 0 unspecified atom stereocenters. The average molecular weight is 535 g/mol. The summed E-state index contributed by atoms with van der Waals surface area (Å²) in [6.07, 6.45) is 0. The fourth-order valence-corrected chi connectivity index (χ4v) is 4.65. The van der Waals surface area contributed by atoms with Gasteiger partial charge in [-0.15, -0.1) is 11.3 Å². The number of fused-ring (bicyclic) bond motifs is 1. The standard InChI is InChI=1S/C25H18N4O8S/c1-2-37-25(32)22-20(27-24(31)15-8-12-17(13-9-15)29(35)36)18-4-3-5-19(21(18)38-22)26-23(30)14-6-10-16(11-7-14)28(33)34/h3-13H,2H2,1H3,(H,26,30)(H,27,31). The molecule has 4 aromatic rings. The van der Waals surface area contributed by atoms with Gasteiger partial charge in [0.05, 0.1) is 32.5 Å². The monoisotopic (exact) mass is 534 g/mol. The predicted octanol–water partition coefficient (Wildman–Crippen LogP) is 5.40. The third kappa shape index (κ3) is 5.32. The lowest BCUT2D eigenvalue weighted by Gasteiger charge is -2.08. The topological polar surface area (TPSA) is 171 Å². The minimum Gasteiger partial charge on any atom is -0.462 e. The Balaban J connectivity index is 1.69. The van der Waals surface area contributed by atoms with Crippen molar-refractivity contribution in [3.05, 3.63) is 103 Å². The number of carbonyl (C=O) groups excluding carboxylic acids is 3. The van der Waals surface area contributed by atoms with Crippen LogP contribution in [-0.2, 0) is 4.74 Å². The molecular weight excluding hydrogens is 516 g/mol. The highest BCUT2D eigenvalue weighted by Gasteiger charge is 2.24. The van der Waals surface area contributed by atoms with Gasteiger partial charge < -0.3 is 15.4 Å². The number of non-ortho nitro benzene ring substituents is 2. The molecule has 12 nitrogen and oxygen atoms in total. The van der Waals surface area contributed by atoms with E-state index in [0.29, 0.717) is 15.8 Å². The summed E-state index contributed by atoms with van der Waals surface area (Å²) in [5.41, 5.74) is 0.488. The lowest BCUT2D eigenvalue weighted by Crippen LogP contribution is -2.14. The second kappa shape index (κ2) is 10.8. The van der Waals surface area contributed by atoms with E-state index in [-0.39, 0.29) is 39.7 Å². The van der Waals surface area contributed by atoms with Crippen LogP contribution in [0.5, 0.6) is 0 Å². The summed E-state index contributed by atoms with van der Waals surface area (Å²) in [5, 5.41) is 27.7. The molecule has 0 saturated carbocycles. The number of hydrogen-bond donors (Lipinski definition) is 2. The highest BCUT2D eigenvalue weighted by Crippen LogP contribution is 2.41. The van der Waals surface area contributed by atoms with Crippen molar-refractivity contribution in [3.63, 3.8) is 0 Å². The molecule has 1 heterocycles. The molecule has 3 aromatic carbocycles. The third-order valence-electron chi connectivity index (χ3n) is 5.34. The van der Waals surface area contributed by atoms with Crippen molar-refractivity contribution in [3.8, 4) is 0 Å². The molecule has 2 amide bonds. The molecule has 0 fully saturated rings. The molecule has 0 aliphatic rings. The number of thiophene rings is 1. The number of rotatable bonds is 8. The van der Waals surface area contributed by atoms with Crippen molar-refractivity contribution >= 4 is 62.0 Å². The first-order valence-electron chi connectivity index (χ1n) is 11.0. The Morgan fingerprint density at radius 3 is 1.84 bits per heavy atom. The van der Waals surface area contributed by atoms with Crippen LogP contribution in [0.4, 0.5) is 22.7 Å². The molecule has 0 radical (unpaired) electrons. The van der Waals surface area contributed by atoms with Crippen molar-refractivity contribution in [2.75, 3.05) is 17.2 Å². The largest absolute Gasteiger partial charge is 0.462 e. The van der Waals surface area contributed by atoms with Gasteiger partial charge in [0.2, 0.25) is 0 Å². The molecule has 192 valence electrons. The molecule has 0 spiro atoms. The van der Waals surface area contributed by atoms with Gasteiger partial charge in [-0.25, -0.2) is 4.79 Å². The number of carbonyl (C=O) groups is 3. The Morgan fingerprint density at radius 1 is 0.816 bits per heavy atom. The smallest absolute Gasteiger partial charge is 0.350 e.